The quantitative estimate of drug-likeness (QED) is 0.206. The predicted molar refractivity (Wildman–Crippen MR) is 170 cm³/mol. The van der Waals surface area contributed by atoms with E-state index in [2.05, 4.69) is 50.2 Å². The molecule has 1 heterocycles. The number of fused-ring (bicyclic) bond motifs is 6. The van der Waals surface area contributed by atoms with Gasteiger partial charge in [-0.05, 0) is 65.4 Å². The molecule has 0 unspecified atom stereocenters. The summed E-state index contributed by atoms with van der Waals surface area (Å²) in [6, 6.07) is 20.7. The molecule has 0 bridgehead atoms. The van der Waals surface area contributed by atoms with E-state index in [-0.39, 0.29) is 0 Å². The summed E-state index contributed by atoms with van der Waals surface area (Å²) in [5.41, 5.74) is 5.05. The first kappa shape index (κ1) is 31.6. The van der Waals surface area contributed by atoms with Crippen molar-refractivity contribution in [3.63, 3.8) is 0 Å². The van der Waals surface area contributed by atoms with E-state index in [1.165, 1.54) is 5.56 Å². The first-order valence-electron chi connectivity index (χ1n) is 14.5. The van der Waals surface area contributed by atoms with Crippen LogP contribution in [0.15, 0.2) is 66.9 Å². The van der Waals surface area contributed by atoms with E-state index in [1.54, 1.807) is 14.2 Å². The van der Waals surface area contributed by atoms with Gasteiger partial charge in [0.25, 0.3) is 0 Å². The van der Waals surface area contributed by atoms with Crippen LogP contribution < -0.4 is 9.47 Å². The highest BCUT2D eigenvalue weighted by atomic mass is 16.5. The lowest BCUT2D eigenvalue weighted by atomic mass is 9.87. The summed E-state index contributed by atoms with van der Waals surface area (Å²) in [7, 11) is 3.43. The molecule has 4 heteroatoms. The zero-order valence-electron chi connectivity index (χ0n) is 25.6. The normalized spacial score (nSPS) is 10.2. The van der Waals surface area contributed by atoms with E-state index in [0.29, 0.717) is 5.92 Å². The number of ether oxygens (including phenoxy) is 2. The Hall–Kier alpha value is -3.66. The highest BCUT2D eigenvalue weighted by Crippen LogP contribution is 2.42. The lowest BCUT2D eigenvalue weighted by Gasteiger charge is -2.20. The number of hydrogen-bond donors (Lipinski definition) is 0. The molecule has 0 atom stereocenters. The lowest BCUT2D eigenvalue weighted by molar-refractivity contribution is 0.414. The van der Waals surface area contributed by atoms with Gasteiger partial charge in [-0.3, -0.25) is 4.98 Å². The highest BCUT2D eigenvalue weighted by molar-refractivity contribution is 6.24. The van der Waals surface area contributed by atoms with Crippen LogP contribution in [0.2, 0.25) is 0 Å². The largest absolute Gasteiger partial charge is 0.497 e. The number of rotatable bonds is 6. The molecule has 0 aliphatic heterocycles. The van der Waals surface area contributed by atoms with Crippen molar-refractivity contribution in [2.24, 2.45) is 0 Å². The van der Waals surface area contributed by atoms with E-state index in [1.807, 2.05) is 72.0 Å². The average molecular weight is 527 g/mol. The molecule has 0 aliphatic rings. The van der Waals surface area contributed by atoms with E-state index in [9.17, 15) is 0 Å². The lowest BCUT2D eigenvalue weighted by Crippen LogP contribution is -2.01. The molecule has 0 radical (unpaired) electrons. The van der Waals surface area contributed by atoms with Crippen molar-refractivity contribution in [1.29, 1.82) is 0 Å². The molecule has 4 aromatic carbocycles. The zero-order chi connectivity index (χ0) is 28.9. The molecule has 1 aromatic heterocycles. The van der Waals surface area contributed by atoms with Crippen LogP contribution in [0, 0.1) is 0 Å². The molecule has 5 aromatic rings. The van der Waals surface area contributed by atoms with Crippen LogP contribution in [-0.4, -0.2) is 24.2 Å². The molecular formula is C35H46N2O2. The third-order valence-corrected chi connectivity index (χ3v) is 6.65. The van der Waals surface area contributed by atoms with Gasteiger partial charge in [0.1, 0.15) is 11.5 Å². The van der Waals surface area contributed by atoms with Crippen molar-refractivity contribution < 1.29 is 9.47 Å². The third kappa shape index (κ3) is 6.50. The van der Waals surface area contributed by atoms with Crippen molar-refractivity contribution in [3.05, 3.63) is 72.4 Å². The highest BCUT2D eigenvalue weighted by Gasteiger charge is 2.20. The van der Waals surface area contributed by atoms with E-state index >= 15 is 0 Å². The summed E-state index contributed by atoms with van der Waals surface area (Å²) in [6.07, 6.45) is 3.99. The summed E-state index contributed by atoms with van der Waals surface area (Å²) in [5, 5.41) is 4.45. The molecule has 4 nitrogen and oxygen atoms in total. The van der Waals surface area contributed by atoms with Crippen molar-refractivity contribution >= 4 is 32.6 Å². The Morgan fingerprint density at radius 1 is 0.667 bits per heavy atom. The zero-order valence-corrected chi connectivity index (χ0v) is 25.6. The van der Waals surface area contributed by atoms with Gasteiger partial charge in [0.05, 0.1) is 37.1 Å². The molecule has 0 saturated heterocycles. The van der Waals surface area contributed by atoms with Crippen molar-refractivity contribution in [3.8, 4) is 22.8 Å². The second kappa shape index (κ2) is 15.7. The van der Waals surface area contributed by atoms with Gasteiger partial charge in [-0.1, -0.05) is 85.7 Å². The molecule has 0 amide bonds. The molecule has 0 aliphatic carbocycles. The Morgan fingerprint density at radius 2 is 1.28 bits per heavy atom. The van der Waals surface area contributed by atoms with Crippen LogP contribution >= 0.6 is 0 Å². The summed E-state index contributed by atoms with van der Waals surface area (Å²) in [5.74, 6) is 2.09. The minimum atomic E-state index is 0.407. The number of methoxy groups -OCH3 is 2. The van der Waals surface area contributed by atoms with Gasteiger partial charge >= 0.3 is 0 Å². The first-order chi connectivity index (χ1) is 19.2. The molecule has 0 fully saturated rings. The van der Waals surface area contributed by atoms with Crippen LogP contribution in [0.3, 0.4) is 0 Å². The van der Waals surface area contributed by atoms with Gasteiger partial charge in [0.2, 0.25) is 0 Å². The number of nitrogens with zero attached hydrogens (tertiary/aromatic N) is 2. The minimum Gasteiger partial charge on any atom is -0.497 e. The van der Waals surface area contributed by atoms with Crippen LogP contribution in [0.4, 0.5) is 0 Å². The fourth-order valence-corrected chi connectivity index (χ4v) is 4.87. The predicted octanol–water partition coefficient (Wildman–Crippen LogP) is 10.6. The first-order valence-corrected chi connectivity index (χ1v) is 14.5. The summed E-state index contributed by atoms with van der Waals surface area (Å²) in [6.45, 7) is 16.5. The van der Waals surface area contributed by atoms with Crippen molar-refractivity contribution in [2.45, 2.75) is 74.1 Å². The molecule has 0 saturated carbocycles. The number of hydrogen-bond acceptors (Lipinski definition) is 4. The summed E-state index contributed by atoms with van der Waals surface area (Å²) < 4.78 is 11.3. The Morgan fingerprint density at radius 3 is 1.87 bits per heavy atom. The SMILES string of the molecule is CC.CC.CC.CCC(CC)c1cc(OC)cc2c3cc(OC)ccc3c3nc(-c4ccccc4)cnc3c12. The summed E-state index contributed by atoms with van der Waals surface area (Å²) >= 11 is 0. The van der Waals surface area contributed by atoms with Crippen LogP contribution in [0.25, 0.3) is 43.8 Å². The monoisotopic (exact) mass is 526 g/mol. The number of benzene rings is 4. The topological polar surface area (TPSA) is 44.2 Å². The van der Waals surface area contributed by atoms with Crippen molar-refractivity contribution in [2.75, 3.05) is 14.2 Å². The Bertz CT molecular complexity index is 1460. The van der Waals surface area contributed by atoms with Gasteiger partial charge in [-0.15, -0.1) is 0 Å². The number of aromatic nitrogens is 2. The molecule has 0 N–H and O–H groups in total. The van der Waals surface area contributed by atoms with Crippen molar-refractivity contribution in [1.82, 2.24) is 9.97 Å². The Balaban J connectivity index is 0.000000833. The van der Waals surface area contributed by atoms with Gasteiger partial charge in [-0.25, -0.2) is 4.98 Å². The molecule has 5 rings (SSSR count). The standard InChI is InChI=1S/C29H28N2O2.3C2H6/c1-5-18(6-2)23-15-21(33-4)16-25-24-14-20(32-3)12-13-22(24)28-29(27(23)25)30-17-26(31-28)19-10-8-7-9-11-19;3*1-2/h7-18H,5-6H2,1-4H3;3*1-2H3. The van der Waals surface area contributed by atoms with Crippen LogP contribution in [0.1, 0.15) is 79.7 Å². The molecule has 208 valence electrons. The van der Waals surface area contributed by atoms with Gasteiger partial charge < -0.3 is 9.47 Å². The minimum absolute atomic E-state index is 0.407. The molecule has 39 heavy (non-hydrogen) atoms. The second-order valence-electron chi connectivity index (χ2n) is 8.38. The summed E-state index contributed by atoms with van der Waals surface area (Å²) in [4.78, 5) is 10.2. The van der Waals surface area contributed by atoms with E-state index < -0.39 is 0 Å². The Kier molecular flexibility index (Phi) is 12.7. The molecule has 0 spiro atoms. The van der Waals surface area contributed by atoms with Crippen LogP contribution in [0.5, 0.6) is 11.5 Å². The van der Waals surface area contributed by atoms with E-state index in [0.717, 1.165) is 68.2 Å². The van der Waals surface area contributed by atoms with Gasteiger partial charge in [0.15, 0.2) is 0 Å². The van der Waals surface area contributed by atoms with E-state index in [4.69, 9.17) is 19.4 Å². The van der Waals surface area contributed by atoms with Gasteiger partial charge in [-0.2, -0.15) is 0 Å². The maximum atomic E-state index is 5.73. The Labute approximate surface area is 235 Å². The molecular weight excluding hydrogens is 480 g/mol. The third-order valence-electron chi connectivity index (χ3n) is 6.65. The van der Waals surface area contributed by atoms with Crippen LogP contribution in [-0.2, 0) is 0 Å². The average Bonchev–Trinajstić information content (AvgIpc) is 3.04. The fraction of sp³-hybridized carbons (Fsp3) is 0.371. The van der Waals surface area contributed by atoms with Gasteiger partial charge in [0, 0.05) is 16.3 Å². The maximum absolute atomic E-state index is 5.73. The fourth-order valence-electron chi connectivity index (χ4n) is 4.87. The maximum Gasteiger partial charge on any atom is 0.119 e. The second-order valence-corrected chi connectivity index (χ2v) is 8.38. The smallest absolute Gasteiger partial charge is 0.119 e.